The topological polar surface area (TPSA) is 28.2 Å². The zero-order valence-electron chi connectivity index (χ0n) is 12.5. The molecular weight excluding hydrogens is 246 g/mol. The number of hydrogen-bond donors (Lipinski definition) is 1. The molecule has 1 aliphatic heterocycles. The van der Waals surface area contributed by atoms with Crippen molar-refractivity contribution in [3.8, 4) is 0 Å². The van der Waals surface area contributed by atoms with E-state index in [0.29, 0.717) is 0 Å². The van der Waals surface area contributed by atoms with Gasteiger partial charge in [-0.05, 0) is 50.4 Å². The molecule has 0 aromatic carbocycles. The molecule has 0 amide bonds. The van der Waals surface area contributed by atoms with Crippen LogP contribution in [0.4, 0.5) is 0 Å². The monoisotopic (exact) mass is 273 g/mol. The Morgan fingerprint density at radius 2 is 1.80 bits per heavy atom. The summed E-state index contributed by atoms with van der Waals surface area (Å²) in [5.41, 5.74) is 2.54. The maximum atomic E-state index is 4.64. The van der Waals surface area contributed by atoms with Gasteiger partial charge in [0.05, 0.1) is 5.69 Å². The van der Waals surface area contributed by atoms with E-state index in [1.54, 1.807) is 0 Å². The molecule has 1 saturated carbocycles. The number of nitrogens with one attached hydrogen (secondary N) is 1. The fourth-order valence-corrected chi connectivity index (χ4v) is 2.90. The molecule has 1 aliphatic carbocycles. The molecule has 1 saturated heterocycles. The third kappa shape index (κ3) is 4.57. The van der Waals surface area contributed by atoms with Crippen LogP contribution in [0, 0.1) is 0 Å². The smallest absolute Gasteiger partial charge is 0.0544 e. The molecule has 2 fully saturated rings. The van der Waals surface area contributed by atoms with Crippen LogP contribution in [0.2, 0.25) is 0 Å². The molecule has 1 N–H and O–H groups in total. The van der Waals surface area contributed by atoms with Crippen LogP contribution in [0.1, 0.15) is 56.2 Å². The Balaban J connectivity index is 1.48. The zero-order chi connectivity index (χ0) is 13.6. The Bertz CT molecular complexity index is 389. The predicted molar refractivity (Wildman–Crippen MR) is 82.5 cm³/mol. The van der Waals surface area contributed by atoms with Crippen LogP contribution in [0.15, 0.2) is 18.3 Å². The van der Waals surface area contributed by atoms with E-state index in [2.05, 4.69) is 33.5 Å². The van der Waals surface area contributed by atoms with E-state index in [1.165, 1.54) is 69.3 Å². The summed E-state index contributed by atoms with van der Waals surface area (Å²) in [7, 11) is 0. The van der Waals surface area contributed by atoms with Crippen LogP contribution in [0.5, 0.6) is 0 Å². The molecule has 20 heavy (non-hydrogen) atoms. The summed E-state index contributed by atoms with van der Waals surface area (Å²) < 4.78 is 0. The van der Waals surface area contributed by atoms with Crippen molar-refractivity contribution in [1.82, 2.24) is 15.2 Å². The van der Waals surface area contributed by atoms with E-state index in [0.717, 1.165) is 19.1 Å². The quantitative estimate of drug-likeness (QED) is 0.893. The molecule has 3 nitrogen and oxygen atoms in total. The second-order valence-corrected chi connectivity index (χ2v) is 6.36. The van der Waals surface area contributed by atoms with Gasteiger partial charge >= 0.3 is 0 Å². The summed E-state index contributed by atoms with van der Waals surface area (Å²) >= 11 is 0. The molecule has 0 bridgehead atoms. The highest BCUT2D eigenvalue weighted by Gasteiger charge is 2.19. The summed E-state index contributed by atoms with van der Waals surface area (Å²) in [5, 5.41) is 3.54. The molecule has 3 heteroatoms. The van der Waals surface area contributed by atoms with E-state index in [1.807, 2.05) is 0 Å². The molecule has 0 unspecified atom stereocenters. The number of pyridine rings is 1. The minimum absolute atomic E-state index is 0.774. The molecule has 110 valence electrons. The fraction of sp³-hybridized carbons (Fsp3) is 0.706. The molecule has 3 rings (SSSR count). The minimum Gasteiger partial charge on any atom is -0.310 e. The first kappa shape index (κ1) is 14.0. The lowest BCUT2D eigenvalue weighted by Crippen LogP contribution is -2.27. The predicted octanol–water partition coefficient (Wildman–Crippen LogP) is 3.10. The summed E-state index contributed by atoms with van der Waals surface area (Å²) in [5.74, 6) is 0. The van der Waals surface area contributed by atoms with Crippen LogP contribution in [-0.2, 0) is 13.1 Å². The van der Waals surface area contributed by atoms with E-state index < -0.39 is 0 Å². The van der Waals surface area contributed by atoms with Gasteiger partial charge in [0.2, 0.25) is 0 Å². The molecule has 2 heterocycles. The molecule has 1 aromatic heterocycles. The second-order valence-electron chi connectivity index (χ2n) is 6.36. The largest absolute Gasteiger partial charge is 0.310 e. The standard InChI is InChI=1S/C17H27N3/c1-2-4-10-20(11-5-3-1)14-17-7-6-15(13-19-17)12-18-16-8-9-16/h6-7,13,16,18H,1-5,8-12,14H2. The molecule has 0 radical (unpaired) electrons. The van der Waals surface area contributed by atoms with Gasteiger partial charge < -0.3 is 5.32 Å². The number of hydrogen-bond acceptors (Lipinski definition) is 3. The van der Waals surface area contributed by atoms with Crippen molar-refractivity contribution in [2.75, 3.05) is 13.1 Å². The first-order valence-corrected chi connectivity index (χ1v) is 8.30. The number of aromatic nitrogens is 1. The molecule has 0 atom stereocenters. The molecule has 2 aliphatic rings. The average Bonchev–Trinajstić information content (AvgIpc) is 3.25. The Hall–Kier alpha value is -0.930. The third-order valence-electron chi connectivity index (χ3n) is 4.39. The van der Waals surface area contributed by atoms with Gasteiger partial charge in [-0.1, -0.05) is 25.3 Å². The van der Waals surface area contributed by atoms with E-state index in [-0.39, 0.29) is 0 Å². The van der Waals surface area contributed by atoms with Crippen LogP contribution in [0.3, 0.4) is 0 Å². The minimum atomic E-state index is 0.774. The van der Waals surface area contributed by atoms with Gasteiger partial charge in [0.15, 0.2) is 0 Å². The van der Waals surface area contributed by atoms with Crippen molar-refractivity contribution in [3.05, 3.63) is 29.6 Å². The molecular formula is C17H27N3. The Morgan fingerprint density at radius 1 is 1.05 bits per heavy atom. The van der Waals surface area contributed by atoms with Gasteiger partial charge in [0.25, 0.3) is 0 Å². The van der Waals surface area contributed by atoms with E-state index in [4.69, 9.17) is 0 Å². The lowest BCUT2D eigenvalue weighted by atomic mass is 10.1. The zero-order valence-corrected chi connectivity index (χ0v) is 12.5. The summed E-state index contributed by atoms with van der Waals surface area (Å²) in [4.78, 5) is 7.22. The van der Waals surface area contributed by atoms with Crippen LogP contribution < -0.4 is 5.32 Å². The second kappa shape index (κ2) is 7.19. The van der Waals surface area contributed by atoms with Crippen molar-refractivity contribution in [1.29, 1.82) is 0 Å². The average molecular weight is 273 g/mol. The summed E-state index contributed by atoms with van der Waals surface area (Å²) in [6.07, 6.45) is 11.7. The number of rotatable bonds is 5. The normalized spacial score (nSPS) is 21.4. The van der Waals surface area contributed by atoms with Crippen molar-refractivity contribution < 1.29 is 0 Å². The van der Waals surface area contributed by atoms with Gasteiger partial charge in [-0.2, -0.15) is 0 Å². The molecule has 0 spiro atoms. The maximum Gasteiger partial charge on any atom is 0.0544 e. The highest BCUT2D eigenvalue weighted by atomic mass is 15.1. The summed E-state index contributed by atoms with van der Waals surface area (Å²) in [6, 6.07) is 5.22. The van der Waals surface area contributed by atoms with Crippen molar-refractivity contribution in [3.63, 3.8) is 0 Å². The molecule has 1 aromatic rings. The van der Waals surface area contributed by atoms with Crippen LogP contribution >= 0.6 is 0 Å². The Kier molecular flexibility index (Phi) is 5.04. The number of nitrogens with zero attached hydrogens (tertiary/aromatic N) is 2. The number of likely N-dealkylation sites (tertiary alicyclic amines) is 1. The van der Waals surface area contributed by atoms with Gasteiger partial charge in [0.1, 0.15) is 0 Å². The highest BCUT2D eigenvalue weighted by molar-refractivity contribution is 5.14. The first-order valence-electron chi connectivity index (χ1n) is 8.30. The van der Waals surface area contributed by atoms with Crippen molar-refractivity contribution in [2.24, 2.45) is 0 Å². The van der Waals surface area contributed by atoms with Crippen molar-refractivity contribution >= 4 is 0 Å². The fourth-order valence-electron chi connectivity index (χ4n) is 2.90. The summed E-state index contributed by atoms with van der Waals surface area (Å²) in [6.45, 7) is 4.48. The third-order valence-corrected chi connectivity index (χ3v) is 4.39. The lowest BCUT2D eigenvalue weighted by Gasteiger charge is -2.24. The van der Waals surface area contributed by atoms with Gasteiger partial charge in [-0.25, -0.2) is 0 Å². The van der Waals surface area contributed by atoms with Crippen molar-refractivity contribution in [2.45, 2.75) is 64.1 Å². The van der Waals surface area contributed by atoms with Crippen LogP contribution in [0.25, 0.3) is 0 Å². The highest BCUT2D eigenvalue weighted by Crippen LogP contribution is 2.19. The van der Waals surface area contributed by atoms with Gasteiger partial charge in [-0.15, -0.1) is 0 Å². The van der Waals surface area contributed by atoms with Crippen LogP contribution in [-0.4, -0.2) is 29.0 Å². The Labute approximate surface area is 122 Å². The SMILES string of the molecule is c1cc(CN2CCCCCCC2)ncc1CNC1CC1. The van der Waals surface area contributed by atoms with Gasteiger partial charge in [0, 0.05) is 25.3 Å². The Morgan fingerprint density at radius 3 is 2.45 bits per heavy atom. The first-order chi connectivity index (χ1) is 9.90. The maximum absolute atomic E-state index is 4.64. The van der Waals surface area contributed by atoms with E-state index in [9.17, 15) is 0 Å². The van der Waals surface area contributed by atoms with E-state index >= 15 is 0 Å². The van der Waals surface area contributed by atoms with Gasteiger partial charge in [-0.3, -0.25) is 9.88 Å². The lowest BCUT2D eigenvalue weighted by molar-refractivity contribution is 0.237.